The zero-order chi connectivity index (χ0) is 30.6. The van der Waals surface area contributed by atoms with E-state index in [9.17, 15) is 20.2 Å². The van der Waals surface area contributed by atoms with Crippen LogP contribution in [0.1, 0.15) is 23.5 Å². The van der Waals surface area contributed by atoms with E-state index in [1.165, 1.54) is 52.9 Å². The van der Waals surface area contributed by atoms with Gasteiger partial charge in [0.1, 0.15) is 0 Å². The molecule has 0 aliphatic carbocycles. The molecule has 0 saturated carbocycles. The van der Waals surface area contributed by atoms with Crippen LogP contribution in [0, 0.1) is 20.2 Å². The van der Waals surface area contributed by atoms with Gasteiger partial charge in [0.25, 0.3) is 0 Å². The van der Waals surface area contributed by atoms with Crippen molar-refractivity contribution in [2.45, 2.75) is 0 Å². The van der Waals surface area contributed by atoms with Gasteiger partial charge >= 0.3 is 0 Å². The predicted molar refractivity (Wildman–Crippen MR) is 121 cm³/mol. The first-order valence-corrected chi connectivity index (χ1v) is 8.50. The van der Waals surface area contributed by atoms with Crippen LogP contribution < -0.4 is 9.47 Å². The van der Waals surface area contributed by atoms with Crippen molar-refractivity contribution in [1.82, 2.24) is 0 Å². The molecule has 30 heavy (non-hydrogen) atoms. The summed E-state index contributed by atoms with van der Waals surface area (Å²) < 4.78 is 70.1. The zero-order valence-corrected chi connectivity index (χ0v) is 17.0. The maximum absolute atomic E-state index is 10.2. The van der Waals surface area contributed by atoms with Crippen LogP contribution in [0.2, 0.25) is 0 Å². The van der Waals surface area contributed by atoms with E-state index < -0.39 is 28.8 Å². The summed E-state index contributed by atoms with van der Waals surface area (Å²) in [6, 6.07) is 7.56. The molecule has 0 atom stereocenters. The molecule has 2 aromatic carbocycles. The fraction of sp³-hybridized carbons (Fsp3) is 0.158. The highest BCUT2D eigenvalue weighted by Gasteiger charge is 2.03. The van der Waals surface area contributed by atoms with Crippen molar-refractivity contribution < 1.29 is 41.9 Å². The van der Waals surface area contributed by atoms with Crippen molar-refractivity contribution >= 4 is 34.7 Å². The minimum Gasteiger partial charge on any atom is -0.504 e. The second-order valence-corrected chi connectivity index (χ2v) is 4.86. The van der Waals surface area contributed by atoms with Crippen LogP contribution >= 0.6 is 22.6 Å². The molecule has 0 aliphatic rings. The Balaban J connectivity index is 0.000000678. The molecule has 0 fully saturated rings. The normalized spacial score (nSPS) is 15.6. The molecule has 0 bridgehead atoms. The topological polar surface area (TPSA) is 145 Å². The van der Waals surface area contributed by atoms with Crippen LogP contribution in [-0.4, -0.2) is 39.0 Å². The molecule has 0 saturated heterocycles. The van der Waals surface area contributed by atoms with Gasteiger partial charge in [-0.25, -0.2) is 0 Å². The molecule has 2 aromatic rings. The summed E-state index contributed by atoms with van der Waals surface area (Å²) in [5.74, 6) is -1.20. The highest BCUT2D eigenvalue weighted by molar-refractivity contribution is 14.1. The molecule has 10 nitrogen and oxygen atoms in total. The lowest BCUT2D eigenvalue weighted by Gasteiger charge is -2.07. The number of hydrogen-bond donors (Lipinski definition) is 2. The van der Waals surface area contributed by atoms with Gasteiger partial charge in [-0.15, -0.1) is 0 Å². The van der Waals surface area contributed by atoms with Crippen LogP contribution in [0.3, 0.4) is 0 Å². The third-order valence-electron chi connectivity index (χ3n) is 2.96. The number of rotatable bonds is 6. The highest BCUT2D eigenvalue weighted by atomic mass is 127. The van der Waals surface area contributed by atoms with Crippen LogP contribution in [0.25, 0.3) is 12.2 Å². The summed E-state index contributed by atoms with van der Waals surface area (Å²) in [5, 5.41) is 38.1. The predicted octanol–water partition coefficient (Wildman–Crippen LogP) is 4.35. The molecular formula is C19H21IN2O8. The average Bonchev–Trinajstić information content (AvgIpc) is 2.72. The first kappa shape index (κ1) is 14.6. The molecule has 0 radical (unpaired) electrons. The van der Waals surface area contributed by atoms with E-state index in [0.29, 0.717) is 11.8 Å². The Labute approximate surface area is 199 Å². The molecular weight excluding hydrogens is 511 g/mol. The number of nitrogens with zero attached hydrogens (tertiary/aromatic N) is 2. The average molecular weight is 541 g/mol. The Morgan fingerprint density at radius 2 is 1.40 bits per heavy atom. The smallest absolute Gasteiger partial charge is 0.235 e. The van der Waals surface area contributed by atoms with Crippen LogP contribution in [0.4, 0.5) is 0 Å². The number of ether oxygens (including phenoxy) is 2. The fourth-order valence-corrected chi connectivity index (χ4v) is 1.73. The summed E-state index contributed by atoms with van der Waals surface area (Å²) in [7, 11) is -5.61. The summed E-state index contributed by atoms with van der Waals surface area (Å²) in [4.78, 5) is 17.1. The first-order chi connectivity index (χ1) is 17.6. The first-order valence-electron chi connectivity index (χ1n) is 11.9. The van der Waals surface area contributed by atoms with Crippen LogP contribution in [0.15, 0.2) is 48.8 Å². The Morgan fingerprint density at radius 1 is 0.900 bits per heavy atom. The molecule has 0 spiro atoms. The van der Waals surface area contributed by atoms with Gasteiger partial charge < -0.3 is 19.7 Å². The van der Waals surface area contributed by atoms with E-state index in [4.69, 9.17) is 22.5 Å². The van der Waals surface area contributed by atoms with E-state index in [1.807, 2.05) is 0 Å². The summed E-state index contributed by atoms with van der Waals surface area (Å²) >= 11 is 1.38. The molecule has 2 rings (SSSR count). The quantitative estimate of drug-likeness (QED) is 0.181. The number of nitro groups is 2. The lowest BCUT2D eigenvalue weighted by molar-refractivity contribution is -0.401. The third-order valence-corrected chi connectivity index (χ3v) is 2.96. The molecule has 0 aromatic heterocycles. The van der Waals surface area contributed by atoms with E-state index in [1.54, 1.807) is 0 Å². The number of aromatic hydroxyl groups is 2. The second kappa shape index (κ2) is 14.6. The lowest BCUT2D eigenvalue weighted by Crippen LogP contribution is -1.90. The molecule has 11 heteroatoms. The lowest BCUT2D eigenvalue weighted by atomic mass is 10.2. The van der Waals surface area contributed by atoms with E-state index >= 15 is 0 Å². The van der Waals surface area contributed by atoms with Gasteiger partial charge in [-0.2, -0.15) is 0 Å². The van der Waals surface area contributed by atoms with Crippen molar-refractivity contribution in [3.63, 3.8) is 0 Å². The van der Waals surface area contributed by atoms with Crippen molar-refractivity contribution in [1.29, 1.82) is 0 Å². The summed E-state index contributed by atoms with van der Waals surface area (Å²) in [5.41, 5.74) is 0.704. The molecule has 0 aliphatic heterocycles. The number of phenolic OH excluding ortho intramolecular Hbond substituents is 2. The van der Waals surface area contributed by atoms with Crippen molar-refractivity contribution in [3.05, 3.63) is 80.2 Å². The standard InChI is InChI=1S/C10H11NO4.C8H7NO4.CH3I/c1-14-9-4-3-8(5-6-11(12)13)7-10(9)15-2;10-7-2-1-6(5-8(7)11)3-4-9(12)13;1-2/h3-7H,1-2H3;1-5,10-11H;1H3/b6-5+;4-3+;/i1D3,2D3;;1D3. The number of hydrogen-bond acceptors (Lipinski definition) is 8. The molecule has 0 amide bonds. The van der Waals surface area contributed by atoms with Crippen LogP contribution in [-0.2, 0) is 0 Å². The molecule has 0 heterocycles. The van der Waals surface area contributed by atoms with E-state index in [-0.39, 0.29) is 28.6 Å². The van der Waals surface area contributed by atoms with E-state index in [0.717, 1.165) is 24.4 Å². The van der Waals surface area contributed by atoms with Gasteiger partial charge in [-0.1, -0.05) is 34.7 Å². The largest absolute Gasteiger partial charge is 0.504 e. The van der Waals surface area contributed by atoms with Gasteiger partial charge in [0, 0.05) is 16.3 Å². The third kappa shape index (κ3) is 10.3. The van der Waals surface area contributed by atoms with Crippen molar-refractivity contribution in [2.75, 3.05) is 18.9 Å². The van der Waals surface area contributed by atoms with Gasteiger partial charge in [0.05, 0.1) is 32.1 Å². The number of phenols is 2. The van der Waals surface area contributed by atoms with E-state index in [2.05, 4.69) is 9.47 Å². The van der Waals surface area contributed by atoms with Gasteiger partial charge in [0.15, 0.2) is 23.0 Å². The Morgan fingerprint density at radius 3 is 1.90 bits per heavy atom. The minimum absolute atomic E-state index is 0.252. The maximum Gasteiger partial charge on any atom is 0.235 e. The van der Waals surface area contributed by atoms with Gasteiger partial charge in [-0.3, -0.25) is 20.2 Å². The summed E-state index contributed by atoms with van der Waals surface area (Å²) in [6.07, 6.45) is 3.73. The SMILES string of the molecule is O=[N+]([O-])/C=C/c1ccc(O)c(O)c1.[2H]C([2H])([2H])I.[2H]C([2H])([2H])Oc1ccc(/C=C/[N+](=O)[O-])cc1OC([2H])([2H])[2H]. The molecule has 162 valence electrons. The Hall–Kier alpha value is -3.35. The Kier molecular flexibility index (Phi) is 7.12. The number of halogens is 1. The number of alkyl halides is 1. The summed E-state index contributed by atoms with van der Waals surface area (Å²) in [6.45, 7) is 0. The molecule has 2 N–H and O–H groups in total. The fourth-order valence-electron chi connectivity index (χ4n) is 1.73. The maximum atomic E-state index is 10.2. The number of benzene rings is 2. The van der Waals surface area contributed by atoms with Crippen molar-refractivity contribution in [2.24, 2.45) is 0 Å². The Bertz CT molecular complexity index is 1180. The van der Waals surface area contributed by atoms with Gasteiger partial charge in [0.2, 0.25) is 12.4 Å². The van der Waals surface area contributed by atoms with Crippen molar-refractivity contribution in [3.8, 4) is 23.0 Å². The number of methoxy groups -OCH3 is 2. The second-order valence-electron chi connectivity index (χ2n) is 4.86. The van der Waals surface area contributed by atoms with Gasteiger partial charge in [-0.05, 0) is 40.3 Å². The zero-order valence-electron chi connectivity index (χ0n) is 23.9. The monoisotopic (exact) mass is 541 g/mol. The highest BCUT2D eigenvalue weighted by Crippen LogP contribution is 2.28. The minimum atomic E-state index is -2.82. The van der Waals surface area contributed by atoms with Crippen LogP contribution in [0.5, 0.6) is 23.0 Å². The molecule has 0 unspecified atom stereocenters.